The molecule has 0 fully saturated rings. The molecule has 0 saturated heterocycles. The van der Waals surface area contributed by atoms with Gasteiger partial charge in [0, 0.05) is 15.9 Å². The van der Waals surface area contributed by atoms with Crippen molar-refractivity contribution in [2.24, 2.45) is 0 Å². The molecule has 0 aliphatic carbocycles. The van der Waals surface area contributed by atoms with Gasteiger partial charge in [0.15, 0.2) is 0 Å². The molecule has 1 N–H and O–H groups in total. The predicted octanol–water partition coefficient (Wildman–Crippen LogP) is 4.51. The minimum atomic E-state index is -0.678. The van der Waals surface area contributed by atoms with Gasteiger partial charge in [-0.2, -0.15) is 0 Å². The van der Waals surface area contributed by atoms with Gasteiger partial charge in [-0.05, 0) is 47.9 Å². The van der Waals surface area contributed by atoms with Crippen LogP contribution in [0.5, 0.6) is 5.75 Å². The molecule has 2 nitrogen and oxygen atoms in total. The number of rotatable bonds is 2. The minimum Gasteiger partial charge on any atom is -0.490 e. The van der Waals surface area contributed by atoms with E-state index in [0.717, 1.165) is 33.3 Å². The highest BCUT2D eigenvalue weighted by molar-refractivity contribution is 9.10. The summed E-state index contributed by atoms with van der Waals surface area (Å²) in [4.78, 5) is 0. The maximum atomic E-state index is 10.5. The molecular weight excluding hydrogens is 340 g/mol. The monoisotopic (exact) mass is 352 g/mol. The van der Waals surface area contributed by atoms with Gasteiger partial charge in [0.2, 0.25) is 0 Å². The first-order valence-electron chi connectivity index (χ1n) is 6.47. The molecule has 1 aliphatic rings. The molecule has 104 valence electrons. The zero-order chi connectivity index (χ0) is 14.3. The number of halogens is 2. The Bertz CT molecular complexity index is 657. The molecule has 0 bridgehead atoms. The molecule has 2 aromatic rings. The fourth-order valence-corrected chi connectivity index (χ4v) is 3.41. The van der Waals surface area contributed by atoms with Gasteiger partial charge in [-0.1, -0.05) is 39.7 Å². The van der Waals surface area contributed by atoms with Crippen molar-refractivity contribution in [1.82, 2.24) is 0 Å². The summed E-state index contributed by atoms with van der Waals surface area (Å²) in [6, 6.07) is 11.3. The third-order valence-electron chi connectivity index (χ3n) is 3.49. The van der Waals surface area contributed by atoms with Crippen LogP contribution in [0.15, 0.2) is 40.9 Å². The van der Waals surface area contributed by atoms with Gasteiger partial charge >= 0.3 is 0 Å². The fourth-order valence-electron chi connectivity index (χ4n) is 2.51. The lowest BCUT2D eigenvalue weighted by Crippen LogP contribution is -2.05. The van der Waals surface area contributed by atoms with Crippen LogP contribution >= 0.6 is 27.5 Å². The minimum absolute atomic E-state index is 0.208. The Morgan fingerprint density at radius 2 is 2.10 bits per heavy atom. The maximum Gasteiger partial charge on any atom is 0.123 e. The predicted molar refractivity (Wildman–Crippen MR) is 83.4 cm³/mol. The quantitative estimate of drug-likeness (QED) is 0.861. The Balaban J connectivity index is 1.95. The Kier molecular flexibility index (Phi) is 3.76. The van der Waals surface area contributed by atoms with Crippen LogP contribution in [-0.2, 0) is 6.42 Å². The summed E-state index contributed by atoms with van der Waals surface area (Å²) >= 11 is 9.38. The lowest BCUT2D eigenvalue weighted by atomic mass is 9.98. The first-order chi connectivity index (χ1) is 9.54. The largest absolute Gasteiger partial charge is 0.490 e. The summed E-state index contributed by atoms with van der Waals surface area (Å²) in [6.45, 7) is 2.05. The van der Waals surface area contributed by atoms with Gasteiger partial charge in [-0.25, -0.2) is 0 Å². The second-order valence-electron chi connectivity index (χ2n) is 5.07. The molecule has 3 rings (SSSR count). The molecule has 0 spiro atoms. The molecule has 1 heterocycles. The van der Waals surface area contributed by atoms with E-state index in [4.69, 9.17) is 16.3 Å². The van der Waals surface area contributed by atoms with Gasteiger partial charge in [-0.3, -0.25) is 0 Å². The number of aliphatic hydroxyl groups is 1. The molecule has 1 aliphatic heterocycles. The van der Waals surface area contributed by atoms with Gasteiger partial charge in [-0.15, -0.1) is 0 Å². The van der Waals surface area contributed by atoms with Crippen LogP contribution in [0.3, 0.4) is 0 Å². The lowest BCUT2D eigenvalue weighted by Gasteiger charge is -2.14. The van der Waals surface area contributed by atoms with Crippen molar-refractivity contribution in [2.45, 2.75) is 25.6 Å². The Morgan fingerprint density at radius 3 is 2.85 bits per heavy atom. The highest BCUT2D eigenvalue weighted by Gasteiger charge is 2.21. The van der Waals surface area contributed by atoms with Crippen molar-refractivity contribution in [1.29, 1.82) is 0 Å². The van der Waals surface area contributed by atoms with E-state index < -0.39 is 6.10 Å². The van der Waals surface area contributed by atoms with Crippen molar-refractivity contribution in [3.8, 4) is 5.75 Å². The van der Waals surface area contributed by atoms with Gasteiger partial charge in [0.1, 0.15) is 18.0 Å². The number of benzene rings is 2. The van der Waals surface area contributed by atoms with Crippen LogP contribution in [0.1, 0.15) is 29.7 Å². The van der Waals surface area contributed by atoms with E-state index in [2.05, 4.69) is 15.9 Å². The molecule has 0 saturated carbocycles. The van der Waals surface area contributed by atoms with Crippen molar-refractivity contribution >= 4 is 27.5 Å². The van der Waals surface area contributed by atoms with Gasteiger partial charge < -0.3 is 9.84 Å². The zero-order valence-electron chi connectivity index (χ0n) is 10.9. The molecular formula is C16H14BrClO2. The Hall–Kier alpha value is -1.03. The van der Waals surface area contributed by atoms with Crippen molar-refractivity contribution < 1.29 is 9.84 Å². The summed E-state index contributed by atoms with van der Waals surface area (Å²) in [5.74, 6) is 0.920. The maximum absolute atomic E-state index is 10.5. The summed E-state index contributed by atoms with van der Waals surface area (Å²) in [5, 5.41) is 11.2. The summed E-state index contributed by atoms with van der Waals surface area (Å²) in [7, 11) is 0. The molecule has 2 atom stereocenters. The second kappa shape index (κ2) is 5.40. The van der Waals surface area contributed by atoms with Crippen LogP contribution in [-0.4, -0.2) is 11.2 Å². The molecule has 2 unspecified atom stereocenters. The molecule has 4 heteroatoms. The average molecular weight is 354 g/mol. The van der Waals surface area contributed by atoms with E-state index >= 15 is 0 Å². The lowest BCUT2D eigenvalue weighted by molar-refractivity contribution is 0.219. The molecule has 0 radical (unpaired) electrons. The highest BCUT2D eigenvalue weighted by Crippen LogP contribution is 2.35. The molecule has 20 heavy (non-hydrogen) atoms. The normalized spacial score (nSPS) is 18.5. The Labute approximate surface area is 131 Å². The van der Waals surface area contributed by atoms with Gasteiger partial charge in [0.25, 0.3) is 0 Å². The van der Waals surface area contributed by atoms with E-state index in [-0.39, 0.29) is 6.10 Å². The van der Waals surface area contributed by atoms with E-state index in [1.165, 1.54) is 0 Å². The van der Waals surface area contributed by atoms with E-state index in [0.29, 0.717) is 5.02 Å². The summed E-state index contributed by atoms with van der Waals surface area (Å²) in [5.41, 5.74) is 2.82. The number of hydrogen-bond donors (Lipinski definition) is 1. The Morgan fingerprint density at radius 1 is 1.30 bits per heavy atom. The zero-order valence-corrected chi connectivity index (χ0v) is 13.3. The van der Waals surface area contributed by atoms with E-state index in [1.807, 2.05) is 31.2 Å². The molecule has 2 aromatic carbocycles. The van der Waals surface area contributed by atoms with Crippen LogP contribution in [0.25, 0.3) is 0 Å². The third-order valence-corrected chi connectivity index (χ3v) is 4.41. The first kappa shape index (κ1) is 13.9. The van der Waals surface area contributed by atoms with Crippen molar-refractivity contribution in [3.63, 3.8) is 0 Å². The number of ether oxygens (including phenoxy) is 1. The topological polar surface area (TPSA) is 29.5 Å². The average Bonchev–Trinajstić information content (AvgIpc) is 2.77. The smallest absolute Gasteiger partial charge is 0.123 e. The van der Waals surface area contributed by atoms with Crippen LogP contribution in [0.4, 0.5) is 0 Å². The summed E-state index contributed by atoms with van der Waals surface area (Å²) < 4.78 is 6.49. The van der Waals surface area contributed by atoms with Crippen LogP contribution < -0.4 is 4.74 Å². The summed E-state index contributed by atoms with van der Waals surface area (Å²) in [6.07, 6.45) is 0.417. The van der Waals surface area contributed by atoms with Crippen molar-refractivity contribution in [3.05, 3.63) is 62.6 Å². The molecule has 0 amide bonds. The van der Waals surface area contributed by atoms with Crippen LogP contribution in [0, 0.1) is 0 Å². The first-order valence-corrected chi connectivity index (χ1v) is 7.64. The SMILES string of the molecule is CC1Cc2cc(C(O)c3ccc(Cl)cc3Br)ccc2O1. The van der Waals surface area contributed by atoms with E-state index in [1.54, 1.807) is 12.1 Å². The fraction of sp³-hybridized carbons (Fsp3) is 0.250. The number of hydrogen-bond acceptors (Lipinski definition) is 2. The van der Waals surface area contributed by atoms with Crippen LogP contribution in [0.2, 0.25) is 5.02 Å². The highest BCUT2D eigenvalue weighted by atomic mass is 79.9. The molecule has 0 aromatic heterocycles. The second-order valence-corrected chi connectivity index (χ2v) is 6.36. The van der Waals surface area contributed by atoms with E-state index in [9.17, 15) is 5.11 Å². The number of fused-ring (bicyclic) bond motifs is 1. The standard InChI is InChI=1S/C16H14BrClO2/c1-9-6-11-7-10(2-5-15(11)20-9)16(19)13-4-3-12(18)8-14(13)17/h2-5,7-9,16,19H,6H2,1H3. The number of aliphatic hydroxyl groups excluding tert-OH is 1. The van der Waals surface area contributed by atoms with Gasteiger partial charge in [0.05, 0.1) is 0 Å². The third kappa shape index (κ3) is 2.58. The van der Waals surface area contributed by atoms with Crippen molar-refractivity contribution in [2.75, 3.05) is 0 Å².